The quantitative estimate of drug-likeness (QED) is 0.729. The monoisotopic (exact) mass is 266 g/mol. The number of aryl methyl sites for hydroxylation is 2. The first-order valence-corrected chi connectivity index (χ1v) is 6.39. The Morgan fingerprint density at radius 2 is 1.65 bits per heavy atom. The normalized spacial score (nSPS) is 10.9. The molecule has 3 nitrogen and oxygen atoms in total. The van der Waals surface area contributed by atoms with Gasteiger partial charge in [0, 0.05) is 11.6 Å². The maximum atomic E-state index is 12.2. The fourth-order valence-electron chi connectivity index (χ4n) is 2.26. The van der Waals surface area contributed by atoms with Gasteiger partial charge in [-0.3, -0.25) is 4.79 Å². The second kappa shape index (κ2) is 4.53. The van der Waals surface area contributed by atoms with Crippen molar-refractivity contribution in [3.63, 3.8) is 0 Å². The van der Waals surface area contributed by atoms with Crippen LogP contribution in [0.2, 0.25) is 0 Å². The van der Waals surface area contributed by atoms with Crippen LogP contribution in [0.3, 0.4) is 0 Å². The third-order valence-corrected chi connectivity index (χ3v) is 3.29. The second-order valence-electron chi connectivity index (χ2n) is 5.00. The van der Waals surface area contributed by atoms with Gasteiger partial charge >= 0.3 is 0 Å². The van der Waals surface area contributed by atoms with Gasteiger partial charge in [0.2, 0.25) is 0 Å². The van der Waals surface area contributed by atoms with Gasteiger partial charge in [0.15, 0.2) is 5.43 Å². The minimum Gasteiger partial charge on any atom is -0.507 e. The molecule has 0 aliphatic carbocycles. The van der Waals surface area contributed by atoms with Crippen LogP contribution in [0, 0.1) is 13.8 Å². The predicted molar refractivity (Wildman–Crippen MR) is 79.1 cm³/mol. The lowest BCUT2D eigenvalue weighted by molar-refractivity contribution is 0.479. The average molecular weight is 266 g/mol. The first-order chi connectivity index (χ1) is 9.54. The van der Waals surface area contributed by atoms with Crippen LogP contribution in [0.1, 0.15) is 11.1 Å². The Morgan fingerprint density at radius 1 is 0.950 bits per heavy atom. The zero-order valence-electron chi connectivity index (χ0n) is 11.3. The molecule has 100 valence electrons. The van der Waals surface area contributed by atoms with Gasteiger partial charge in [0.1, 0.15) is 22.5 Å². The molecule has 2 aromatic carbocycles. The summed E-state index contributed by atoms with van der Waals surface area (Å²) in [7, 11) is 0. The SMILES string of the molecule is Cc1ccc(-c2cc(=O)c3c(O)cc(C)cc3o2)cc1. The van der Waals surface area contributed by atoms with Gasteiger partial charge in [-0.25, -0.2) is 0 Å². The van der Waals surface area contributed by atoms with E-state index in [1.807, 2.05) is 38.1 Å². The van der Waals surface area contributed by atoms with Crippen molar-refractivity contribution in [1.29, 1.82) is 0 Å². The molecule has 0 radical (unpaired) electrons. The molecule has 20 heavy (non-hydrogen) atoms. The van der Waals surface area contributed by atoms with E-state index in [0.29, 0.717) is 11.3 Å². The number of benzene rings is 2. The van der Waals surface area contributed by atoms with E-state index in [1.54, 1.807) is 12.1 Å². The number of aromatic hydroxyl groups is 1. The lowest BCUT2D eigenvalue weighted by atomic mass is 10.1. The van der Waals surface area contributed by atoms with Crippen molar-refractivity contribution in [1.82, 2.24) is 0 Å². The Hall–Kier alpha value is -2.55. The third kappa shape index (κ3) is 2.07. The highest BCUT2D eigenvalue weighted by Gasteiger charge is 2.11. The van der Waals surface area contributed by atoms with Crippen LogP contribution in [0.4, 0.5) is 0 Å². The van der Waals surface area contributed by atoms with Crippen LogP contribution in [0.5, 0.6) is 5.75 Å². The molecule has 0 aliphatic rings. The Labute approximate surface area is 116 Å². The number of rotatable bonds is 1. The molecule has 0 fully saturated rings. The molecule has 0 saturated heterocycles. The lowest BCUT2D eigenvalue weighted by Gasteiger charge is -2.06. The predicted octanol–water partition coefficient (Wildman–Crippen LogP) is 3.78. The van der Waals surface area contributed by atoms with E-state index in [9.17, 15) is 9.90 Å². The number of phenolic OH excluding ortho intramolecular Hbond substituents is 1. The van der Waals surface area contributed by atoms with Crippen molar-refractivity contribution in [3.05, 3.63) is 63.8 Å². The molecule has 0 spiro atoms. The minimum absolute atomic E-state index is 0.0378. The van der Waals surface area contributed by atoms with Gasteiger partial charge in [-0.2, -0.15) is 0 Å². The standard InChI is InChI=1S/C17H14O3/c1-10-3-5-12(6-4-10)15-9-14(19)17-13(18)7-11(2)8-16(17)20-15/h3-9,18H,1-2H3. The molecule has 0 unspecified atom stereocenters. The molecule has 0 aliphatic heterocycles. The number of fused-ring (bicyclic) bond motifs is 1. The highest BCUT2D eigenvalue weighted by Crippen LogP contribution is 2.27. The zero-order valence-corrected chi connectivity index (χ0v) is 11.3. The fourth-order valence-corrected chi connectivity index (χ4v) is 2.26. The molecule has 0 saturated carbocycles. The summed E-state index contributed by atoms with van der Waals surface area (Å²) < 4.78 is 5.77. The highest BCUT2D eigenvalue weighted by molar-refractivity contribution is 5.85. The number of hydrogen-bond donors (Lipinski definition) is 1. The minimum atomic E-state index is -0.237. The summed E-state index contributed by atoms with van der Waals surface area (Å²) in [6.45, 7) is 3.85. The summed E-state index contributed by atoms with van der Waals surface area (Å²) in [4.78, 5) is 12.2. The number of hydrogen-bond acceptors (Lipinski definition) is 3. The fraction of sp³-hybridized carbons (Fsp3) is 0.118. The van der Waals surface area contributed by atoms with E-state index in [1.165, 1.54) is 6.07 Å². The smallest absolute Gasteiger partial charge is 0.197 e. The zero-order chi connectivity index (χ0) is 14.3. The van der Waals surface area contributed by atoms with Crippen molar-refractivity contribution in [2.45, 2.75) is 13.8 Å². The molecule has 1 aromatic heterocycles. The highest BCUT2D eigenvalue weighted by atomic mass is 16.3. The van der Waals surface area contributed by atoms with E-state index < -0.39 is 0 Å². The van der Waals surface area contributed by atoms with Crippen LogP contribution < -0.4 is 5.43 Å². The number of phenols is 1. The lowest BCUT2D eigenvalue weighted by Crippen LogP contribution is -2.01. The molecular formula is C17H14O3. The first-order valence-electron chi connectivity index (χ1n) is 6.39. The van der Waals surface area contributed by atoms with E-state index >= 15 is 0 Å². The van der Waals surface area contributed by atoms with Gasteiger partial charge in [-0.05, 0) is 31.5 Å². The van der Waals surface area contributed by atoms with Gasteiger partial charge < -0.3 is 9.52 Å². The summed E-state index contributed by atoms with van der Waals surface area (Å²) >= 11 is 0. The van der Waals surface area contributed by atoms with Gasteiger partial charge in [-0.1, -0.05) is 29.8 Å². The van der Waals surface area contributed by atoms with Crippen molar-refractivity contribution in [3.8, 4) is 17.1 Å². The van der Waals surface area contributed by atoms with Crippen molar-refractivity contribution in [2.24, 2.45) is 0 Å². The Kier molecular flexibility index (Phi) is 2.83. The Morgan fingerprint density at radius 3 is 2.35 bits per heavy atom. The molecule has 1 N–H and O–H groups in total. The average Bonchev–Trinajstić information content (AvgIpc) is 2.38. The van der Waals surface area contributed by atoms with Crippen LogP contribution in [0.25, 0.3) is 22.3 Å². The second-order valence-corrected chi connectivity index (χ2v) is 5.00. The first kappa shape index (κ1) is 12.5. The summed E-state index contributed by atoms with van der Waals surface area (Å²) in [6, 6.07) is 12.5. The van der Waals surface area contributed by atoms with Gasteiger partial charge in [-0.15, -0.1) is 0 Å². The van der Waals surface area contributed by atoms with E-state index in [-0.39, 0.29) is 16.6 Å². The summed E-state index contributed by atoms with van der Waals surface area (Å²) in [5.41, 5.74) is 3.00. The third-order valence-electron chi connectivity index (χ3n) is 3.29. The largest absolute Gasteiger partial charge is 0.507 e. The molecule has 3 heteroatoms. The summed E-state index contributed by atoms with van der Waals surface area (Å²) in [6.07, 6.45) is 0. The summed E-state index contributed by atoms with van der Waals surface area (Å²) in [5, 5.41) is 10.1. The van der Waals surface area contributed by atoms with Crippen molar-refractivity contribution < 1.29 is 9.52 Å². The van der Waals surface area contributed by atoms with E-state index in [0.717, 1.165) is 16.7 Å². The summed E-state index contributed by atoms with van der Waals surface area (Å²) in [5.74, 6) is 0.469. The molecule has 0 amide bonds. The van der Waals surface area contributed by atoms with Gasteiger partial charge in [0.05, 0.1) is 0 Å². The van der Waals surface area contributed by atoms with Crippen molar-refractivity contribution in [2.75, 3.05) is 0 Å². The van der Waals surface area contributed by atoms with E-state index in [2.05, 4.69) is 0 Å². The Balaban J connectivity index is 2.29. The molecule has 1 heterocycles. The van der Waals surface area contributed by atoms with Crippen LogP contribution in [-0.4, -0.2) is 5.11 Å². The molecule has 3 rings (SSSR count). The van der Waals surface area contributed by atoms with Crippen LogP contribution >= 0.6 is 0 Å². The van der Waals surface area contributed by atoms with E-state index in [4.69, 9.17) is 4.42 Å². The van der Waals surface area contributed by atoms with Crippen LogP contribution in [-0.2, 0) is 0 Å². The van der Waals surface area contributed by atoms with Gasteiger partial charge in [0.25, 0.3) is 0 Å². The molecular weight excluding hydrogens is 252 g/mol. The maximum absolute atomic E-state index is 12.2. The molecule has 0 atom stereocenters. The maximum Gasteiger partial charge on any atom is 0.197 e. The molecule has 0 bridgehead atoms. The van der Waals surface area contributed by atoms with Crippen molar-refractivity contribution >= 4 is 11.0 Å². The molecule has 3 aromatic rings. The van der Waals surface area contributed by atoms with Crippen LogP contribution in [0.15, 0.2) is 51.7 Å². The topological polar surface area (TPSA) is 50.4 Å². The Bertz CT molecular complexity index is 842.